The van der Waals surface area contributed by atoms with Gasteiger partial charge >= 0.3 is 0 Å². The van der Waals surface area contributed by atoms with Crippen LogP contribution in [0.1, 0.15) is 72.6 Å². The van der Waals surface area contributed by atoms with Gasteiger partial charge in [-0.15, -0.1) is 0 Å². The normalized spacial score (nSPS) is 43.7. The molecule has 3 saturated carbocycles. The maximum absolute atomic E-state index is 13.0. The fraction of sp³-hybridized carbons (Fsp3) is 0.952. The van der Waals surface area contributed by atoms with Crippen LogP contribution in [0.15, 0.2) is 0 Å². The van der Waals surface area contributed by atoms with E-state index in [-0.39, 0.29) is 11.2 Å². The molecule has 136 valence electrons. The molecular weight excluding hydrogens is 300 g/mol. The van der Waals surface area contributed by atoms with Crippen molar-refractivity contribution in [1.29, 1.82) is 0 Å². The zero-order valence-electron chi connectivity index (χ0n) is 15.9. The second-order valence-electron chi connectivity index (χ2n) is 9.71. The molecule has 4 aliphatic rings. The third-order valence-corrected chi connectivity index (χ3v) is 8.48. The van der Waals surface area contributed by atoms with E-state index in [1.54, 1.807) is 0 Å². The Hall–Kier alpha value is -0.410. The Balaban J connectivity index is 1.68. The average Bonchev–Trinajstić information content (AvgIpc) is 3.11. The number of hydrogen-bond acceptors (Lipinski definition) is 3. The Bertz CT molecular complexity index is 509. The Morgan fingerprint density at radius 1 is 1.04 bits per heavy atom. The lowest BCUT2D eigenvalue weighted by Gasteiger charge is -2.59. The maximum Gasteiger partial charge on any atom is 0.168 e. The fourth-order valence-electron chi connectivity index (χ4n) is 6.98. The number of carbonyl (C=O) groups is 1. The Labute approximate surface area is 146 Å². The number of ketones is 1. The summed E-state index contributed by atoms with van der Waals surface area (Å²) in [6.45, 7) is 10.9. The molecule has 3 heteroatoms. The predicted molar refractivity (Wildman–Crippen MR) is 93.5 cm³/mol. The topological polar surface area (TPSA) is 35.5 Å². The van der Waals surface area contributed by atoms with Gasteiger partial charge < -0.3 is 9.47 Å². The van der Waals surface area contributed by atoms with Crippen LogP contribution in [0.25, 0.3) is 0 Å². The summed E-state index contributed by atoms with van der Waals surface area (Å²) in [6.07, 6.45) is 7.49. The molecule has 24 heavy (non-hydrogen) atoms. The number of rotatable bonds is 1. The van der Waals surface area contributed by atoms with Crippen LogP contribution in [0.3, 0.4) is 0 Å². The predicted octanol–water partition coefficient (Wildman–Crippen LogP) is 4.59. The molecule has 0 aromatic rings. The molecular formula is C21H34O3. The van der Waals surface area contributed by atoms with E-state index in [0.717, 1.165) is 38.9 Å². The third kappa shape index (κ3) is 2.19. The summed E-state index contributed by atoms with van der Waals surface area (Å²) in [5, 5.41) is 0. The van der Waals surface area contributed by atoms with Crippen LogP contribution in [0.4, 0.5) is 0 Å². The lowest BCUT2D eigenvalue weighted by Crippen LogP contribution is -2.55. The average molecular weight is 335 g/mol. The summed E-state index contributed by atoms with van der Waals surface area (Å²) in [5.74, 6) is 2.67. The Morgan fingerprint density at radius 3 is 2.25 bits per heavy atom. The van der Waals surface area contributed by atoms with Gasteiger partial charge in [0.15, 0.2) is 5.79 Å². The minimum absolute atomic E-state index is 0.0800. The first-order valence-corrected chi connectivity index (χ1v) is 10.1. The molecule has 0 radical (unpaired) electrons. The van der Waals surface area contributed by atoms with Crippen molar-refractivity contribution in [2.24, 2.45) is 34.5 Å². The molecule has 0 aromatic heterocycles. The number of fused-ring (bicyclic) bond motifs is 2. The molecule has 4 fully saturated rings. The van der Waals surface area contributed by atoms with Crippen molar-refractivity contribution in [3.63, 3.8) is 0 Å². The summed E-state index contributed by atoms with van der Waals surface area (Å²) in [6, 6.07) is 0. The summed E-state index contributed by atoms with van der Waals surface area (Å²) in [4.78, 5) is 13.0. The molecule has 0 amide bonds. The molecule has 1 saturated heterocycles. The van der Waals surface area contributed by atoms with Crippen LogP contribution in [0, 0.1) is 34.5 Å². The lowest BCUT2D eigenvalue weighted by molar-refractivity contribution is -0.215. The molecule has 0 bridgehead atoms. The third-order valence-electron chi connectivity index (χ3n) is 8.48. The Morgan fingerprint density at radius 2 is 1.67 bits per heavy atom. The fourth-order valence-corrected chi connectivity index (χ4v) is 6.98. The summed E-state index contributed by atoms with van der Waals surface area (Å²) in [7, 11) is 0. The maximum atomic E-state index is 13.0. The molecule has 1 heterocycles. The Kier molecular flexibility index (Phi) is 3.93. The standard InChI is InChI=1S/C21H34O3/c1-14(2)16-13-17(22)19(4)6-5-15(3)20(18(16)19)7-9-21(10-8-20)23-11-12-24-21/h14-16,18H,5-13H2,1-4H3/t15-,16+,18+,19-/m1/s1. The van der Waals surface area contributed by atoms with Crippen LogP contribution < -0.4 is 0 Å². The van der Waals surface area contributed by atoms with Crippen LogP contribution in [0.5, 0.6) is 0 Å². The second-order valence-corrected chi connectivity index (χ2v) is 9.71. The first-order chi connectivity index (χ1) is 11.3. The lowest BCUT2D eigenvalue weighted by atomic mass is 9.46. The summed E-state index contributed by atoms with van der Waals surface area (Å²) in [5.41, 5.74) is 0.234. The van der Waals surface area contributed by atoms with Crippen molar-refractivity contribution < 1.29 is 14.3 Å². The zero-order chi connectivity index (χ0) is 17.2. The van der Waals surface area contributed by atoms with Crippen molar-refractivity contribution in [3.05, 3.63) is 0 Å². The molecule has 3 aliphatic carbocycles. The SMILES string of the molecule is CC(C)[C@@H]1CC(=O)[C@@]2(C)CC[C@@H](C)C3(CCC4(CC3)OCCO4)[C@@H]12. The highest BCUT2D eigenvalue weighted by molar-refractivity contribution is 5.87. The van der Waals surface area contributed by atoms with Crippen molar-refractivity contribution in [2.45, 2.75) is 78.4 Å². The van der Waals surface area contributed by atoms with Crippen LogP contribution in [-0.2, 0) is 14.3 Å². The van der Waals surface area contributed by atoms with E-state index in [9.17, 15) is 4.79 Å². The van der Waals surface area contributed by atoms with Gasteiger partial charge in [-0.1, -0.05) is 27.7 Å². The van der Waals surface area contributed by atoms with E-state index in [1.807, 2.05) is 0 Å². The van der Waals surface area contributed by atoms with E-state index < -0.39 is 0 Å². The van der Waals surface area contributed by atoms with Gasteiger partial charge in [-0.2, -0.15) is 0 Å². The van der Waals surface area contributed by atoms with Crippen LogP contribution >= 0.6 is 0 Å². The van der Waals surface area contributed by atoms with E-state index in [4.69, 9.17) is 9.47 Å². The van der Waals surface area contributed by atoms with Gasteiger partial charge in [-0.25, -0.2) is 0 Å². The number of Topliss-reactive ketones (excluding diaryl/α,β-unsaturated/α-hetero) is 1. The second kappa shape index (κ2) is 5.54. The van der Waals surface area contributed by atoms with Crippen LogP contribution in [-0.4, -0.2) is 24.8 Å². The summed E-state index contributed by atoms with van der Waals surface area (Å²) >= 11 is 0. The van der Waals surface area contributed by atoms with Crippen molar-refractivity contribution in [1.82, 2.24) is 0 Å². The molecule has 1 aliphatic heterocycles. The van der Waals surface area contributed by atoms with Gasteiger partial charge in [-0.05, 0) is 54.8 Å². The van der Waals surface area contributed by atoms with Crippen molar-refractivity contribution >= 4 is 5.78 Å². The monoisotopic (exact) mass is 334 g/mol. The highest BCUT2D eigenvalue weighted by Crippen LogP contribution is 2.68. The number of carbonyl (C=O) groups excluding carboxylic acids is 1. The molecule has 0 aromatic carbocycles. The van der Waals surface area contributed by atoms with E-state index in [1.165, 1.54) is 19.3 Å². The molecule has 4 atom stereocenters. The smallest absolute Gasteiger partial charge is 0.168 e. The van der Waals surface area contributed by atoms with Gasteiger partial charge in [0.05, 0.1) is 13.2 Å². The molecule has 4 rings (SSSR count). The first kappa shape index (κ1) is 17.0. The van der Waals surface area contributed by atoms with Crippen molar-refractivity contribution in [3.8, 4) is 0 Å². The molecule has 2 spiro atoms. The van der Waals surface area contributed by atoms with Crippen molar-refractivity contribution in [2.75, 3.05) is 13.2 Å². The largest absolute Gasteiger partial charge is 0.348 e. The molecule has 3 nitrogen and oxygen atoms in total. The van der Waals surface area contributed by atoms with Gasteiger partial charge in [0, 0.05) is 24.7 Å². The van der Waals surface area contributed by atoms with E-state index >= 15 is 0 Å². The van der Waals surface area contributed by atoms with Crippen LogP contribution in [0.2, 0.25) is 0 Å². The number of hydrogen-bond donors (Lipinski definition) is 0. The van der Waals surface area contributed by atoms with E-state index in [0.29, 0.717) is 34.9 Å². The molecule has 0 N–H and O–H groups in total. The number of ether oxygens (including phenoxy) is 2. The first-order valence-electron chi connectivity index (χ1n) is 10.1. The minimum Gasteiger partial charge on any atom is -0.348 e. The highest BCUT2D eigenvalue weighted by atomic mass is 16.7. The van der Waals surface area contributed by atoms with Gasteiger partial charge in [-0.3, -0.25) is 4.79 Å². The zero-order valence-corrected chi connectivity index (χ0v) is 15.9. The quantitative estimate of drug-likeness (QED) is 0.704. The van der Waals surface area contributed by atoms with E-state index in [2.05, 4.69) is 27.7 Å². The highest BCUT2D eigenvalue weighted by Gasteiger charge is 2.65. The van der Waals surface area contributed by atoms with Gasteiger partial charge in [0.1, 0.15) is 5.78 Å². The minimum atomic E-state index is -0.297. The summed E-state index contributed by atoms with van der Waals surface area (Å²) < 4.78 is 12.0. The van der Waals surface area contributed by atoms with Gasteiger partial charge in [0.25, 0.3) is 0 Å². The molecule has 0 unspecified atom stereocenters. The van der Waals surface area contributed by atoms with Gasteiger partial charge in [0.2, 0.25) is 0 Å².